The Morgan fingerprint density at radius 3 is 2.71 bits per heavy atom. The third-order valence-corrected chi connectivity index (χ3v) is 3.92. The predicted octanol–water partition coefficient (Wildman–Crippen LogP) is 4.35. The van der Waals surface area contributed by atoms with Crippen LogP contribution < -0.4 is 5.32 Å². The zero-order valence-electron chi connectivity index (χ0n) is 11.6. The summed E-state index contributed by atoms with van der Waals surface area (Å²) in [5, 5.41) is 4.53. The molecule has 0 aliphatic heterocycles. The summed E-state index contributed by atoms with van der Waals surface area (Å²) in [5.41, 5.74) is 2.13. The van der Waals surface area contributed by atoms with Crippen molar-refractivity contribution in [2.24, 2.45) is 0 Å². The number of nitrogens with one attached hydrogen (secondary N) is 1. The smallest absolute Gasteiger partial charge is 0.137 e. The molecule has 4 nitrogen and oxygen atoms in total. The first-order valence-electron chi connectivity index (χ1n) is 6.84. The quantitative estimate of drug-likeness (QED) is 0.765. The first kappa shape index (κ1) is 13.9. The zero-order chi connectivity index (χ0) is 14.7. The maximum atomic E-state index is 4.40. The van der Waals surface area contributed by atoms with Crippen LogP contribution >= 0.6 is 15.9 Å². The van der Waals surface area contributed by atoms with Crippen molar-refractivity contribution < 1.29 is 0 Å². The van der Waals surface area contributed by atoms with E-state index < -0.39 is 0 Å². The Labute approximate surface area is 131 Å². The van der Waals surface area contributed by atoms with Crippen molar-refractivity contribution in [1.82, 2.24) is 15.0 Å². The fourth-order valence-corrected chi connectivity index (χ4v) is 2.69. The van der Waals surface area contributed by atoms with Gasteiger partial charge in [-0.25, -0.2) is 9.97 Å². The van der Waals surface area contributed by atoms with Crippen LogP contribution in [0.15, 0.2) is 53.5 Å². The van der Waals surface area contributed by atoms with Crippen LogP contribution in [0, 0.1) is 0 Å². The summed E-state index contributed by atoms with van der Waals surface area (Å²) in [6, 6.07) is 10.3. The van der Waals surface area contributed by atoms with Gasteiger partial charge in [0.15, 0.2) is 0 Å². The molecule has 0 saturated heterocycles. The molecule has 106 valence electrons. The van der Waals surface area contributed by atoms with Crippen molar-refractivity contribution in [3.05, 3.63) is 59.1 Å². The van der Waals surface area contributed by atoms with Crippen LogP contribution in [-0.2, 0) is 0 Å². The molecule has 0 bridgehead atoms. The highest BCUT2D eigenvalue weighted by Gasteiger charge is 2.12. The van der Waals surface area contributed by atoms with Gasteiger partial charge in [0.05, 0.1) is 11.6 Å². The number of hydrogen-bond acceptors (Lipinski definition) is 4. The molecule has 0 amide bonds. The van der Waals surface area contributed by atoms with Gasteiger partial charge in [-0.3, -0.25) is 4.98 Å². The van der Waals surface area contributed by atoms with Gasteiger partial charge in [0, 0.05) is 22.3 Å². The van der Waals surface area contributed by atoms with E-state index in [1.54, 1.807) is 6.33 Å². The van der Waals surface area contributed by atoms with Crippen molar-refractivity contribution in [2.75, 3.05) is 5.32 Å². The van der Waals surface area contributed by atoms with E-state index in [1.807, 2.05) is 42.7 Å². The lowest BCUT2D eigenvalue weighted by atomic mass is 10.1. The van der Waals surface area contributed by atoms with Crippen molar-refractivity contribution in [1.29, 1.82) is 0 Å². The van der Waals surface area contributed by atoms with E-state index in [0.29, 0.717) is 0 Å². The molecule has 2 heterocycles. The van der Waals surface area contributed by atoms with Crippen LogP contribution in [0.3, 0.4) is 0 Å². The van der Waals surface area contributed by atoms with Gasteiger partial charge < -0.3 is 5.32 Å². The first-order chi connectivity index (χ1) is 10.3. The number of anilines is 1. The number of pyridine rings is 1. The van der Waals surface area contributed by atoms with Crippen molar-refractivity contribution in [2.45, 2.75) is 19.4 Å². The summed E-state index contributed by atoms with van der Waals surface area (Å²) >= 11 is 3.50. The van der Waals surface area contributed by atoms with Crippen molar-refractivity contribution in [3.63, 3.8) is 0 Å². The Morgan fingerprint density at radius 2 is 1.95 bits per heavy atom. The van der Waals surface area contributed by atoms with E-state index >= 15 is 0 Å². The van der Waals surface area contributed by atoms with Gasteiger partial charge in [-0.15, -0.1) is 0 Å². The van der Waals surface area contributed by atoms with E-state index in [4.69, 9.17) is 0 Å². The molecule has 1 aromatic carbocycles. The average Bonchev–Trinajstić information content (AvgIpc) is 2.53. The SMILES string of the molecule is CCC(Nc1ncnc2ccc(Br)cc12)c1ccncc1. The maximum Gasteiger partial charge on any atom is 0.137 e. The number of fused-ring (bicyclic) bond motifs is 1. The number of benzene rings is 1. The molecule has 0 spiro atoms. The van der Waals surface area contributed by atoms with Crippen LogP contribution in [0.4, 0.5) is 5.82 Å². The highest BCUT2D eigenvalue weighted by atomic mass is 79.9. The number of halogens is 1. The Kier molecular flexibility index (Phi) is 4.10. The van der Waals surface area contributed by atoms with Gasteiger partial charge in [0.1, 0.15) is 12.1 Å². The summed E-state index contributed by atoms with van der Waals surface area (Å²) < 4.78 is 1.02. The Morgan fingerprint density at radius 1 is 1.14 bits per heavy atom. The molecular weight excluding hydrogens is 328 g/mol. The number of hydrogen-bond donors (Lipinski definition) is 1. The van der Waals surface area contributed by atoms with E-state index in [1.165, 1.54) is 5.56 Å². The van der Waals surface area contributed by atoms with E-state index in [2.05, 4.69) is 43.1 Å². The fraction of sp³-hybridized carbons (Fsp3) is 0.188. The van der Waals surface area contributed by atoms with E-state index in [0.717, 1.165) is 27.6 Å². The highest BCUT2D eigenvalue weighted by molar-refractivity contribution is 9.10. The number of rotatable bonds is 4. The number of aromatic nitrogens is 3. The highest BCUT2D eigenvalue weighted by Crippen LogP contribution is 2.27. The molecule has 0 fully saturated rings. The molecule has 21 heavy (non-hydrogen) atoms. The third-order valence-electron chi connectivity index (χ3n) is 3.43. The molecule has 3 rings (SSSR count). The minimum absolute atomic E-state index is 0.199. The Hall–Kier alpha value is -2.01. The van der Waals surface area contributed by atoms with Crippen LogP contribution in [0.25, 0.3) is 10.9 Å². The van der Waals surface area contributed by atoms with Crippen LogP contribution in [0.5, 0.6) is 0 Å². The van der Waals surface area contributed by atoms with Gasteiger partial charge in [-0.1, -0.05) is 22.9 Å². The second-order valence-electron chi connectivity index (χ2n) is 4.77. The first-order valence-corrected chi connectivity index (χ1v) is 7.64. The van der Waals surface area contributed by atoms with Crippen LogP contribution in [0.1, 0.15) is 24.9 Å². The fourth-order valence-electron chi connectivity index (χ4n) is 2.33. The molecule has 0 saturated carbocycles. The minimum Gasteiger partial charge on any atom is -0.363 e. The lowest BCUT2D eigenvalue weighted by Crippen LogP contribution is -2.11. The molecular formula is C16H15BrN4. The molecule has 3 aromatic rings. The molecule has 1 unspecified atom stereocenters. The zero-order valence-corrected chi connectivity index (χ0v) is 13.2. The van der Waals surface area contributed by atoms with Crippen LogP contribution in [-0.4, -0.2) is 15.0 Å². The molecule has 0 aliphatic carbocycles. The van der Waals surface area contributed by atoms with Gasteiger partial charge in [-0.2, -0.15) is 0 Å². The Bertz CT molecular complexity index is 746. The lowest BCUT2D eigenvalue weighted by molar-refractivity contribution is 0.744. The molecule has 2 aromatic heterocycles. The standard InChI is InChI=1S/C16H15BrN4/c1-2-14(11-5-7-18-8-6-11)21-16-13-9-12(17)3-4-15(13)19-10-20-16/h3-10,14H,2H2,1H3,(H,19,20,21). The lowest BCUT2D eigenvalue weighted by Gasteiger charge is -2.18. The van der Waals surface area contributed by atoms with Crippen LogP contribution in [0.2, 0.25) is 0 Å². The van der Waals surface area contributed by atoms with Gasteiger partial charge in [0.25, 0.3) is 0 Å². The average molecular weight is 343 g/mol. The largest absolute Gasteiger partial charge is 0.363 e. The third kappa shape index (κ3) is 3.03. The van der Waals surface area contributed by atoms with E-state index in [-0.39, 0.29) is 6.04 Å². The summed E-state index contributed by atoms with van der Waals surface area (Å²) in [4.78, 5) is 12.8. The molecule has 0 aliphatic rings. The normalized spacial score (nSPS) is 12.3. The molecule has 1 N–H and O–H groups in total. The second kappa shape index (κ2) is 6.18. The molecule has 5 heteroatoms. The monoisotopic (exact) mass is 342 g/mol. The maximum absolute atomic E-state index is 4.40. The minimum atomic E-state index is 0.199. The van der Waals surface area contributed by atoms with Gasteiger partial charge in [-0.05, 0) is 42.3 Å². The van der Waals surface area contributed by atoms with Gasteiger partial charge >= 0.3 is 0 Å². The molecule has 1 atom stereocenters. The van der Waals surface area contributed by atoms with Crippen molar-refractivity contribution >= 4 is 32.7 Å². The summed E-state index contributed by atoms with van der Waals surface area (Å²) in [7, 11) is 0. The molecule has 0 radical (unpaired) electrons. The summed E-state index contributed by atoms with van der Waals surface area (Å²) in [6.07, 6.45) is 6.18. The summed E-state index contributed by atoms with van der Waals surface area (Å²) in [5.74, 6) is 0.852. The van der Waals surface area contributed by atoms with Crippen molar-refractivity contribution in [3.8, 4) is 0 Å². The van der Waals surface area contributed by atoms with E-state index in [9.17, 15) is 0 Å². The summed E-state index contributed by atoms with van der Waals surface area (Å²) in [6.45, 7) is 2.15. The van der Waals surface area contributed by atoms with Gasteiger partial charge in [0.2, 0.25) is 0 Å². The Balaban J connectivity index is 1.99. The second-order valence-corrected chi connectivity index (χ2v) is 5.69. The topological polar surface area (TPSA) is 50.7 Å². The predicted molar refractivity (Wildman–Crippen MR) is 88.1 cm³/mol. The number of nitrogens with zero attached hydrogens (tertiary/aromatic N) is 3.